The van der Waals surface area contributed by atoms with Crippen molar-refractivity contribution in [3.8, 4) is 5.75 Å². The van der Waals surface area contributed by atoms with Gasteiger partial charge < -0.3 is 5.11 Å². The Morgan fingerprint density at radius 2 is 2.00 bits per heavy atom. The van der Waals surface area contributed by atoms with Crippen LogP contribution in [0.25, 0.3) is 0 Å². The van der Waals surface area contributed by atoms with Gasteiger partial charge >= 0.3 is 0 Å². The summed E-state index contributed by atoms with van der Waals surface area (Å²) in [5.74, 6) is -1.21. The topological polar surface area (TPSA) is 96.2 Å². The SMILES string of the molecule is Cc1cc(C)n(CC(=O)NNC(=O)c2ccc(Br)cc2O)n1. The summed E-state index contributed by atoms with van der Waals surface area (Å²) in [5.41, 5.74) is 6.27. The monoisotopic (exact) mass is 366 g/mol. The first-order chi connectivity index (χ1) is 10.4. The Bertz CT molecular complexity index is 727. The second-order valence-corrected chi connectivity index (χ2v) is 5.66. The molecule has 0 bridgehead atoms. The molecule has 0 aliphatic carbocycles. The number of aromatic hydroxyl groups is 1. The van der Waals surface area contributed by atoms with Crippen LogP contribution in [0.15, 0.2) is 28.7 Å². The van der Waals surface area contributed by atoms with Gasteiger partial charge in [-0.25, -0.2) is 0 Å². The first-order valence-corrected chi connectivity index (χ1v) is 7.25. The second kappa shape index (κ2) is 6.61. The predicted molar refractivity (Wildman–Crippen MR) is 83.1 cm³/mol. The number of rotatable bonds is 3. The van der Waals surface area contributed by atoms with Crippen molar-refractivity contribution in [2.24, 2.45) is 0 Å². The van der Waals surface area contributed by atoms with E-state index in [2.05, 4.69) is 31.9 Å². The number of phenols is 1. The third kappa shape index (κ3) is 3.85. The van der Waals surface area contributed by atoms with E-state index in [1.54, 1.807) is 6.07 Å². The van der Waals surface area contributed by atoms with Gasteiger partial charge in [-0.05, 0) is 38.1 Å². The van der Waals surface area contributed by atoms with Gasteiger partial charge in [0.25, 0.3) is 11.8 Å². The normalized spacial score (nSPS) is 10.3. The molecule has 0 radical (unpaired) electrons. The highest BCUT2D eigenvalue weighted by Crippen LogP contribution is 2.21. The standard InChI is InChI=1S/C14H15BrN4O3/c1-8-5-9(2)19(18-8)7-13(21)16-17-14(22)11-4-3-10(15)6-12(11)20/h3-6,20H,7H2,1-2H3,(H,16,21)(H,17,22). The average molecular weight is 367 g/mol. The molecular formula is C14H15BrN4O3. The molecule has 0 aliphatic rings. The number of amides is 2. The molecule has 1 heterocycles. The van der Waals surface area contributed by atoms with Crippen LogP contribution in [0.1, 0.15) is 21.7 Å². The number of hydrazine groups is 1. The molecule has 116 valence electrons. The Hall–Kier alpha value is -2.35. The molecule has 0 atom stereocenters. The fourth-order valence-electron chi connectivity index (χ4n) is 1.90. The zero-order valence-corrected chi connectivity index (χ0v) is 13.6. The third-order valence-corrected chi connectivity index (χ3v) is 3.41. The quantitative estimate of drug-likeness (QED) is 0.715. The minimum atomic E-state index is -0.605. The van der Waals surface area contributed by atoms with Crippen molar-refractivity contribution in [2.45, 2.75) is 20.4 Å². The van der Waals surface area contributed by atoms with Crippen LogP contribution in [-0.4, -0.2) is 26.7 Å². The molecule has 0 aliphatic heterocycles. The van der Waals surface area contributed by atoms with Crippen molar-refractivity contribution in [3.05, 3.63) is 45.7 Å². The number of phenolic OH excluding ortho intramolecular Hbond substituents is 1. The van der Waals surface area contributed by atoms with Crippen LogP contribution in [0.2, 0.25) is 0 Å². The first-order valence-electron chi connectivity index (χ1n) is 6.45. The highest BCUT2D eigenvalue weighted by molar-refractivity contribution is 9.10. The van der Waals surface area contributed by atoms with Crippen molar-refractivity contribution in [1.29, 1.82) is 0 Å². The smallest absolute Gasteiger partial charge is 0.273 e. The van der Waals surface area contributed by atoms with Crippen molar-refractivity contribution in [2.75, 3.05) is 0 Å². The predicted octanol–water partition coefficient (Wildman–Crippen LogP) is 1.43. The van der Waals surface area contributed by atoms with Crippen LogP contribution >= 0.6 is 15.9 Å². The molecule has 8 heteroatoms. The summed E-state index contributed by atoms with van der Waals surface area (Å²) < 4.78 is 2.18. The summed E-state index contributed by atoms with van der Waals surface area (Å²) in [7, 11) is 0. The Labute approximate surface area is 135 Å². The van der Waals surface area contributed by atoms with Gasteiger partial charge in [0.1, 0.15) is 12.3 Å². The maximum absolute atomic E-state index is 11.9. The summed E-state index contributed by atoms with van der Waals surface area (Å²) in [6.45, 7) is 3.66. The zero-order chi connectivity index (χ0) is 16.3. The van der Waals surface area contributed by atoms with Crippen LogP contribution in [0.3, 0.4) is 0 Å². The molecule has 2 rings (SSSR count). The fraction of sp³-hybridized carbons (Fsp3) is 0.214. The van der Waals surface area contributed by atoms with E-state index in [-0.39, 0.29) is 17.9 Å². The number of carbonyl (C=O) groups excluding carboxylic acids is 2. The van der Waals surface area contributed by atoms with Gasteiger partial charge in [-0.1, -0.05) is 15.9 Å². The molecule has 3 N–H and O–H groups in total. The van der Waals surface area contributed by atoms with Gasteiger partial charge in [0.15, 0.2) is 0 Å². The number of nitrogens with zero attached hydrogens (tertiary/aromatic N) is 2. The van der Waals surface area contributed by atoms with E-state index in [4.69, 9.17) is 0 Å². The van der Waals surface area contributed by atoms with E-state index >= 15 is 0 Å². The van der Waals surface area contributed by atoms with Gasteiger partial charge in [-0.2, -0.15) is 5.10 Å². The molecule has 0 fully saturated rings. The van der Waals surface area contributed by atoms with Crippen molar-refractivity contribution in [1.82, 2.24) is 20.6 Å². The number of carbonyl (C=O) groups is 2. The van der Waals surface area contributed by atoms with Crippen LogP contribution < -0.4 is 10.9 Å². The molecule has 7 nitrogen and oxygen atoms in total. The van der Waals surface area contributed by atoms with Gasteiger partial charge in [0.05, 0.1) is 11.3 Å². The fourth-order valence-corrected chi connectivity index (χ4v) is 2.25. The Kier molecular flexibility index (Phi) is 4.81. The van der Waals surface area contributed by atoms with Crippen LogP contribution in [0.4, 0.5) is 0 Å². The summed E-state index contributed by atoms with van der Waals surface area (Å²) in [5, 5.41) is 13.8. The maximum Gasteiger partial charge on any atom is 0.273 e. The third-order valence-electron chi connectivity index (χ3n) is 2.92. The molecule has 1 aromatic carbocycles. The molecule has 22 heavy (non-hydrogen) atoms. The number of hydrogen-bond donors (Lipinski definition) is 3. The van der Waals surface area contributed by atoms with Crippen molar-refractivity contribution in [3.63, 3.8) is 0 Å². The summed E-state index contributed by atoms with van der Waals surface area (Å²) in [6, 6.07) is 6.31. The lowest BCUT2D eigenvalue weighted by Crippen LogP contribution is -2.43. The molecule has 0 unspecified atom stereocenters. The molecule has 0 saturated heterocycles. The lowest BCUT2D eigenvalue weighted by atomic mass is 10.2. The molecule has 2 amide bonds. The van der Waals surface area contributed by atoms with Crippen LogP contribution in [0.5, 0.6) is 5.75 Å². The van der Waals surface area contributed by atoms with E-state index < -0.39 is 11.8 Å². The number of nitrogens with one attached hydrogen (secondary N) is 2. The minimum Gasteiger partial charge on any atom is -0.507 e. The van der Waals surface area contributed by atoms with Crippen molar-refractivity contribution >= 4 is 27.7 Å². The Morgan fingerprint density at radius 1 is 1.27 bits per heavy atom. The highest BCUT2D eigenvalue weighted by Gasteiger charge is 2.13. The van der Waals surface area contributed by atoms with Gasteiger partial charge in [0, 0.05) is 10.2 Å². The minimum absolute atomic E-state index is 0.00767. The van der Waals surface area contributed by atoms with E-state index in [1.165, 1.54) is 16.8 Å². The number of benzene rings is 1. The Morgan fingerprint density at radius 3 is 2.59 bits per heavy atom. The average Bonchev–Trinajstić information content (AvgIpc) is 2.74. The van der Waals surface area contributed by atoms with E-state index in [9.17, 15) is 14.7 Å². The van der Waals surface area contributed by atoms with Crippen LogP contribution in [-0.2, 0) is 11.3 Å². The second-order valence-electron chi connectivity index (χ2n) is 4.75. The number of hydrogen-bond acceptors (Lipinski definition) is 4. The van der Waals surface area contributed by atoms with Gasteiger partial charge in [0.2, 0.25) is 0 Å². The number of halogens is 1. The molecule has 0 spiro atoms. The largest absolute Gasteiger partial charge is 0.507 e. The molecule has 1 aromatic heterocycles. The lowest BCUT2D eigenvalue weighted by molar-refractivity contribution is -0.122. The van der Waals surface area contributed by atoms with Crippen molar-refractivity contribution < 1.29 is 14.7 Å². The lowest BCUT2D eigenvalue weighted by Gasteiger charge is -2.09. The maximum atomic E-state index is 11.9. The zero-order valence-electron chi connectivity index (χ0n) is 12.1. The number of aryl methyl sites for hydroxylation is 2. The van der Waals surface area contributed by atoms with Crippen LogP contribution in [0, 0.1) is 13.8 Å². The molecule has 2 aromatic rings. The van der Waals surface area contributed by atoms with E-state index in [0.29, 0.717) is 4.47 Å². The van der Waals surface area contributed by atoms with Gasteiger partial charge in [-0.3, -0.25) is 25.1 Å². The summed E-state index contributed by atoms with van der Waals surface area (Å²) in [6.07, 6.45) is 0. The highest BCUT2D eigenvalue weighted by atomic mass is 79.9. The first kappa shape index (κ1) is 16.0. The number of aromatic nitrogens is 2. The van der Waals surface area contributed by atoms with E-state index in [0.717, 1.165) is 11.4 Å². The van der Waals surface area contributed by atoms with E-state index in [1.807, 2.05) is 19.9 Å². The summed E-state index contributed by atoms with van der Waals surface area (Å²) >= 11 is 3.18. The molecular weight excluding hydrogens is 352 g/mol. The Balaban J connectivity index is 1.93. The van der Waals surface area contributed by atoms with Gasteiger partial charge in [-0.15, -0.1) is 0 Å². The summed E-state index contributed by atoms with van der Waals surface area (Å²) in [4.78, 5) is 23.7. The molecule has 0 saturated carbocycles.